The van der Waals surface area contributed by atoms with Crippen molar-refractivity contribution < 1.29 is 9.42 Å². The molecule has 3 rings (SSSR count). The van der Waals surface area contributed by atoms with Crippen LogP contribution < -0.4 is 10.9 Å². The van der Waals surface area contributed by atoms with Gasteiger partial charge in [0, 0.05) is 17.8 Å². The Bertz CT molecular complexity index is 956. The monoisotopic (exact) mass is 347 g/mol. The average Bonchev–Trinajstić information content (AvgIpc) is 3.03. The summed E-state index contributed by atoms with van der Waals surface area (Å²) in [4.78, 5) is 33.1. The number of aromatic nitrogens is 4. The predicted octanol–water partition coefficient (Wildman–Crippen LogP) is 1.19. The quantitative estimate of drug-likeness (QED) is 0.717. The number of hydrogen-bond donors (Lipinski definition) is 2. The minimum atomic E-state index is -0.181. The van der Waals surface area contributed by atoms with Gasteiger partial charge in [0.15, 0.2) is 0 Å². The fraction of sp³-hybridized carbons (Fsp3) is 0.400. The topological polar surface area (TPSA) is 114 Å². The van der Waals surface area contributed by atoms with Crippen molar-refractivity contribution in [1.29, 1.82) is 0 Å². The number of nitrogens with zero attached hydrogens (tertiary/aromatic N) is 3. The summed E-state index contributed by atoms with van der Waals surface area (Å²) in [5.41, 5.74) is 1.96. The first kappa shape index (κ1) is 16.3. The minimum absolute atomic E-state index is 0.113. The molecule has 0 unspecified atom stereocenters. The molecule has 0 aliphatic heterocycles. The van der Waals surface area contributed by atoms with Gasteiger partial charge in [-0.3, -0.25) is 9.59 Å². The summed E-state index contributed by atoms with van der Waals surface area (Å²) >= 11 is 1.51. The summed E-state index contributed by atoms with van der Waals surface area (Å²) in [6.07, 6.45) is 0.560. The largest absolute Gasteiger partial charge is 0.355 e. The number of rotatable bonds is 5. The fourth-order valence-corrected chi connectivity index (χ4v) is 3.41. The molecule has 1 amide bonds. The van der Waals surface area contributed by atoms with Crippen LogP contribution in [0.1, 0.15) is 27.7 Å². The zero-order chi connectivity index (χ0) is 17.3. The van der Waals surface area contributed by atoms with Crippen LogP contribution in [-0.2, 0) is 17.6 Å². The maximum Gasteiger partial charge on any atom is 0.259 e. The first-order valence-corrected chi connectivity index (χ1v) is 8.31. The zero-order valence-corrected chi connectivity index (χ0v) is 14.4. The van der Waals surface area contributed by atoms with Crippen molar-refractivity contribution in [1.82, 2.24) is 25.6 Å². The lowest BCUT2D eigenvalue weighted by Crippen LogP contribution is -2.28. The second-order valence-electron chi connectivity index (χ2n) is 5.55. The minimum Gasteiger partial charge on any atom is -0.355 e. The Hall–Kier alpha value is -2.55. The van der Waals surface area contributed by atoms with Crippen LogP contribution in [0.2, 0.25) is 0 Å². The van der Waals surface area contributed by atoms with Gasteiger partial charge in [0.05, 0.1) is 11.8 Å². The Morgan fingerprint density at radius 1 is 1.29 bits per heavy atom. The molecule has 0 aliphatic rings. The summed E-state index contributed by atoms with van der Waals surface area (Å²) in [6, 6.07) is 0. The van der Waals surface area contributed by atoms with E-state index in [1.165, 1.54) is 11.3 Å². The summed E-state index contributed by atoms with van der Waals surface area (Å²) in [6.45, 7) is 6.00. The molecule has 9 heteroatoms. The van der Waals surface area contributed by atoms with E-state index in [2.05, 4.69) is 30.2 Å². The van der Waals surface area contributed by atoms with E-state index in [1.54, 1.807) is 6.92 Å². The Morgan fingerprint density at radius 3 is 2.79 bits per heavy atom. The van der Waals surface area contributed by atoms with E-state index in [4.69, 9.17) is 0 Å². The molecule has 0 bridgehead atoms. The number of amides is 1. The number of fused-ring (bicyclic) bond motifs is 1. The molecule has 0 atom stereocenters. The van der Waals surface area contributed by atoms with Gasteiger partial charge in [0.1, 0.15) is 22.0 Å². The SMILES string of the molecule is Cc1nonc1CC(=O)NCCc1nc2sc(C)c(C)c2c(=O)[nH]1. The molecule has 0 saturated heterocycles. The van der Waals surface area contributed by atoms with E-state index in [0.717, 1.165) is 15.3 Å². The van der Waals surface area contributed by atoms with E-state index < -0.39 is 0 Å². The third kappa shape index (κ3) is 3.21. The van der Waals surface area contributed by atoms with Gasteiger partial charge in [0.25, 0.3) is 5.56 Å². The smallest absolute Gasteiger partial charge is 0.259 e. The zero-order valence-electron chi connectivity index (χ0n) is 13.6. The Morgan fingerprint density at radius 2 is 2.08 bits per heavy atom. The second-order valence-corrected chi connectivity index (χ2v) is 6.75. The molecule has 126 valence electrons. The second kappa shape index (κ2) is 6.52. The van der Waals surface area contributed by atoms with E-state index in [9.17, 15) is 9.59 Å². The highest BCUT2D eigenvalue weighted by molar-refractivity contribution is 7.18. The molecule has 0 fully saturated rings. The van der Waals surface area contributed by atoms with Crippen LogP contribution in [0.3, 0.4) is 0 Å². The van der Waals surface area contributed by atoms with Gasteiger partial charge >= 0.3 is 0 Å². The first-order valence-electron chi connectivity index (χ1n) is 7.49. The number of H-pyrrole nitrogens is 1. The predicted molar refractivity (Wildman–Crippen MR) is 89.2 cm³/mol. The van der Waals surface area contributed by atoms with E-state index in [-0.39, 0.29) is 17.9 Å². The number of nitrogens with one attached hydrogen (secondary N) is 2. The van der Waals surface area contributed by atoms with Crippen LogP contribution in [0.25, 0.3) is 10.2 Å². The summed E-state index contributed by atoms with van der Waals surface area (Å²) in [5.74, 6) is 0.383. The van der Waals surface area contributed by atoms with Crippen molar-refractivity contribution in [3.8, 4) is 0 Å². The van der Waals surface area contributed by atoms with Gasteiger partial charge in [-0.05, 0) is 26.3 Å². The Labute approximate surface area is 141 Å². The molecular formula is C15H17N5O3S. The maximum atomic E-state index is 12.2. The first-order chi connectivity index (χ1) is 11.5. The van der Waals surface area contributed by atoms with E-state index in [0.29, 0.717) is 35.6 Å². The standard InChI is InChI=1S/C15H17N5O3S/c1-7-9(3)24-15-13(7)14(22)17-11(18-15)4-5-16-12(21)6-10-8(2)19-23-20-10/h4-6H2,1-3H3,(H,16,21)(H,17,18,22). The van der Waals surface area contributed by atoms with Crippen molar-refractivity contribution in [2.45, 2.75) is 33.6 Å². The van der Waals surface area contributed by atoms with Gasteiger partial charge < -0.3 is 10.3 Å². The molecule has 0 saturated carbocycles. The average molecular weight is 347 g/mol. The van der Waals surface area contributed by atoms with Gasteiger partial charge in [0.2, 0.25) is 5.91 Å². The molecule has 8 nitrogen and oxygen atoms in total. The highest BCUT2D eigenvalue weighted by Gasteiger charge is 2.13. The number of hydrogen-bond acceptors (Lipinski definition) is 7. The number of aromatic amines is 1. The lowest BCUT2D eigenvalue weighted by molar-refractivity contribution is -0.120. The molecule has 0 aliphatic carbocycles. The third-order valence-corrected chi connectivity index (χ3v) is 4.95. The number of carbonyl (C=O) groups is 1. The fourth-order valence-electron chi connectivity index (χ4n) is 2.36. The Kier molecular flexibility index (Phi) is 4.43. The van der Waals surface area contributed by atoms with Crippen LogP contribution >= 0.6 is 11.3 Å². The molecule has 3 heterocycles. The third-order valence-electron chi connectivity index (χ3n) is 3.85. The van der Waals surface area contributed by atoms with Crippen molar-refractivity contribution >= 4 is 27.5 Å². The van der Waals surface area contributed by atoms with Gasteiger partial charge in [-0.2, -0.15) is 0 Å². The maximum absolute atomic E-state index is 12.2. The molecule has 2 N–H and O–H groups in total. The van der Waals surface area contributed by atoms with Crippen molar-refractivity contribution in [3.63, 3.8) is 0 Å². The molecule has 3 aromatic rings. The number of thiophene rings is 1. The van der Waals surface area contributed by atoms with Crippen molar-refractivity contribution in [2.24, 2.45) is 0 Å². The van der Waals surface area contributed by atoms with Crippen LogP contribution in [-0.4, -0.2) is 32.7 Å². The van der Waals surface area contributed by atoms with Gasteiger partial charge in [-0.1, -0.05) is 10.3 Å². The molecule has 0 radical (unpaired) electrons. The lowest BCUT2D eigenvalue weighted by Gasteiger charge is -2.04. The van der Waals surface area contributed by atoms with Crippen LogP contribution in [0.4, 0.5) is 0 Å². The van der Waals surface area contributed by atoms with Crippen molar-refractivity contribution in [3.05, 3.63) is 38.0 Å². The molecule has 24 heavy (non-hydrogen) atoms. The number of aryl methyl sites for hydroxylation is 3. The molecular weight excluding hydrogens is 330 g/mol. The van der Waals surface area contributed by atoms with Gasteiger partial charge in [-0.15, -0.1) is 11.3 Å². The molecule has 3 aromatic heterocycles. The van der Waals surface area contributed by atoms with E-state index >= 15 is 0 Å². The summed E-state index contributed by atoms with van der Waals surface area (Å²) in [5, 5.41) is 10.7. The highest BCUT2D eigenvalue weighted by Crippen LogP contribution is 2.25. The van der Waals surface area contributed by atoms with E-state index in [1.807, 2.05) is 13.8 Å². The summed E-state index contributed by atoms with van der Waals surface area (Å²) < 4.78 is 4.56. The number of carbonyl (C=O) groups excluding carboxylic acids is 1. The van der Waals surface area contributed by atoms with Crippen LogP contribution in [0, 0.1) is 20.8 Å². The summed E-state index contributed by atoms with van der Waals surface area (Å²) in [7, 11) is 0. The Balaban J connectivity index is 1.63. The highest BCUT2D eigenvalue weighted by atomic mass is 32.1. The molecule has 0 aromatic carbocycles. The lowest BCUT2D eigenvalue weighted by atomic mass is 10.2. The van der Waals surface area contributed by atoms with Crippen LogP contribution in [0.15, 0.2) is 9.42 Å². The normalized spacial score (nSPS) is 11.1. The van der Waals surface area contributed by atoms with Crippen LogP contribution in [0.5, 0.6) is 0 Å². The van der Waals surface area contributed by atoms with Crippen molar-refractivity contribution in [2.75, 3.05) is 6.54 Å². The van der Waals surface area contributed by atoms with Gasteiger partial charge in [-0.25, -0.2) is 9.61 Å². The molecule has 0 spiro atoms.